The minimum absolute atomic E-state index is 0. The van der Waals surface area contributed by atoms with E-state index in [0.29, 0.717) is 5.13 Å². The fourth-order valence-corrected chi connectivity index (χ4v) is 3.87. The van der Waals surface area contributed by atoms with Gasteiger partial charge in [-0.25, -0.2) is 4.98 Å². The molecule has 2 saturated heterocycles. The number of anilines is 1. The molecule has 0 radical (unpaired) electrons. The predicted octanol–water partition coefficient (Wildman–Crippen LogP) is 2.14. The highest BCUT2D eigenvalue weighted by molar-refractivity contribution is 7.13. The molecule has 3 heterocycles. The van der Waals surface area contributed by atoms with Crippen molar-refractivity contribution in [3.63, 3.8) is 0 Å². The van der Waals surface area contributed by atoms with Gasteiger partial charge in [-0.1, -0.05) is 0 Å². The molecule has 0 bridgehead atoms. The van der Waals surface area contributed by atoms with Gasteiger partial charge in [0.05, 0.1) is 23.8 Å². The van der Waals surface area contributed by atoms with Gasteiger partial charge in [0.2, 0.25) is 5.91 Å². The van der Waals surface area contributed by atoms with E-state index >= 15 is 0 Å². The van der Waals surface area contributed by atoms with Gasteiger partial charge in [-0.05, 0) is 26.8 Å². The molecule has 24 heavy (non-hydrogen) atoms. The van der Waals surface area contributed by atoms with Crippen molar-refractivity contribution < 1.29 is 9.53 Å². The first-order valence-corrected chi connectivity index (χ1v) is 8.82. The van der Waals surface area contributed by atoms with E-state index in [4.69, 9.17) is 4.74 Å². The van der Waals surface area contributed by atoms with Gasteiger partial charge >= 0.3 is 0 Å². The maximum Gasteiger partial charge on any atom is 0.230 e. The van der Waals surface area contributed by atoms with Crippen molar-refractivity contribution in [3.05, 3.63) is 11.1 Å². The fourth-order valence-electron chi connectivity index (χ4n) is 3.17. The topological polar surface area (TPSA) is 66.5 Å². The molecule has 3 atom stereocenters. The zero-order valence-electron chi connectivity index (χ0n) is 14.0. The lowest BCUT2D eigenvalue weighted by Crippen LogP contribution is -2.44. The Labute approximate surface area is 159 Å². The molecule has 9 heteroatoms. The molecule has 138 valence electrons. The van der Waals surface area contributed by atoms with E-state index in [0.717, 1.165) is 44.8 Å². The Morgan fingerprint density at radius 3 is 2.75 bits per heavy atom. The van der Waals surface area contributed by atoms with Crippen LogP contribution in [0.2, 0.25) is 0 Å². The highest BCUT2D eigenvalue weighted by atomic mass is 35.5. The van der Waals surface area contributed by atoms with Gasteiger partial charge in [0.25, 0.3) is 0 Å². The second-order valence-electron chi connectivity index (χ2n) is 6.27. The lowest BCUT2D eigenvalue weighted by Gasteiger charge is -2.34. The number of hydrogen-bond donors (Lipinski definition) is 2. The molecule has 0 aliphatic carbocycles. The van der Waals surface area contributed by atoms with Gasteiger partial charge in [0.15, 0.2) is 5.13 Å². The largest absolute Gasteiger partial charge is 0.373 e. The number of ether oxygens (including phenoxy) is 1. The van der Waals surface area contributed by atoms with E-state index < -0.39 is 0 Å². The van der Waals surface area contributed by atoms with E-state index in [2.05, 4.69) is 34.4 Å². The Morgan fingerprint density at radius 2 is 2.12 bits per heavy atom. The highest BCUT2D eigenvalue weighted by Crippen LogP contribution is 2.20. The standard InChI is InChI=1S/C15H24N4O2S.2ClH/c1-10-6-19(7-11(2)21-10)8-13-9-22-15(17-13)18-14(20)12-3-4-16-5-12;;/h9-12,16H,3-8H2,1-2H3,(H,17,18,20);2*1H. The number of carbonyl (C=O) groups excluding carboxylic acids is 1. The molecule has 2 aliphatic rings. The average molecular weight is 397 g/mol. The van der Waals surface area contributed by atoms with E-state index in [1.54, 1.807) is 0 Å². The molecule has 2 aliphatic heterocycles. The smallest absolute Gasteiger partial charge is 0.230 e. The lowest BCUT2D eigenvalue weighted by molar-refractivity contribution is -0.119. The number of amides is 1. The van der Waals surface area contributed by atoms with Gasteiger partial charge in [0.1, 0.15) is 0 Å². The summed E-state index contributed by atoms with van der Waals surface area (Å²) in [4.78, 5) is 19.0. The molecule has 0 aromatic carbocycles. The van der Waals surface area contributed by atoms with Crippen molar-refractivity contribution in [3.8, 4) is 0 Å². The molecule has 1 amide bonds. The summed E-state index contributed by atoms with van der Waals surface area (Å²) >= 11 is 1.51. The van der Waals surface area contributed by atoms with Crippen LogP contribution in [0.1, 0.15) is 26.0 Å². The number of carbonyl (C=O) groups is 1. The summed E-state index contributed by atoms with van der Waals surface area (Å²) < 4.78 is 5.75. The first kappa shape index (κ1) is 21.6. The van der Waals surface area contributed by atoms with Crippen LogP contribution in [-0.4, -0.2) is 54.2 Å². The summed E-state index contributed by atoms with van der Waals surface area (Å²) in [5, 5.41) is 8.90. The molecule has 3 unspecified atom stereocenters. The first-order chi connectivity index (χ1) is 10.6. The van der Waals surface area contributed by atoms with Gasteiger partial charge in [-0.2, -0.15) is 0 Å². The Kier molecular flexibility index (Phi) is 8.90. The third-order valence-electron chi connectivity index (χ3n) is 4.09. The summed E-state index contributed by atoms with van der Waals surface area (Å²) in [5.74, 6) is 0.160. The summed E-state index contributed by atoms with van der Waals surface area (Å²) in [5.41, 5.74) is 1.02. The third-order valence-corrected chi connectivity index (χ3v) is 4.90. The van der Waals surface area contributed by atoms with Crippen molar-refractivity contribution in [1.29, 1.82) is 0 Å². The number of morpholine rings is 1. The highest BCUT2D eigenvalue weighted by Gasteiger charge is 2.24. The molecule has 2 N–H and O–H groups in total. The molecule has 3 rings (SSSR count). The minimum Gasteiger partial charge on any atom is -0.373 e. The summed E-state index contributed by atoms with van der Waals surface area (Å²) in [7, 11) is 0. The quantitative estimate of drug-likeness (QED) is 0.815. The molecule has 1 aromatic rings. The Hall–Kier alpha value is -0.440. The van der Waals surface area contributed by atoms with Crippen LogP contribution in [0, 0.1) is 5.92 Å². The van der Waals surface area contributed by atoms with Crippen LogP contribution in [0.4, 0.5) is 5.13 Å². The van der Waals surface area contributed by atoms with E-state index in [1.165, 1.54) is 11.3 Å². The van der Waals surface area contributed by atoms with Crippen molar-refractivity contribution >= 4 is 47.2 Å². The second kappa shape index (κ2) is 9.89. The van der Waals surface area contributed by atoms with Crippen LogP contribution >= 0.6 is 36.2 Å². The van der Waals surface area contributed by atoms with Gasteiger partial charge in [-0.15, -0.1) is 36.2 Å². The SMILES string of the molecule is CC1CN(Cc2csc(NC(=O)C3CCNC3)n2)CC(C)O1.Cl.Cl. The summed E-state index contributed by atoms with van der Waals surface area (Å²) in [6.07, 6.45) is 1.43. The maximum absolute atomic E-state index is 12.1. The predicted molar refractivity (Wildman–Crippen MR) is 102 cm³/mol. The number of thiazole rings is 1. The lowest BCUT2D eigenvalue weighted by atomic mass is 10.1. The monoisotopic (exact) mass is 396 g/mol. The van der Waals surface area contributed by atoms with Gasteiger partial charge in [0, 0.05) is 31.6 Å². The number of rotatable bonds is 4. The molecule has 6 nitrogen and oxygen atoms in total. The molecule has 0 saturated carbocycles. The van der Waals surface area contributed by atoms with Crippen LogP contribution in [0.15, 0.2) is 5.38 Å². The van der Waals surface area contributed by atoms with Crippen LogP contribution in [0.25, 0.3) is 0 Å². The maximum atomic E-state index is 12.1. The van der Waals surface area contributed by atoms with Crippen LogP contribution in [0.3, 0.4) is 0 Å². The molecule has 0 spiro atoms. The van der Waals surface area contributed by atoms with E-state index in [9.17, 15) is 4.79 Å². The van der Waals surface area contributed by atoms with Crippen molar-refractivity contribution in [2.45, 2.75) is 39.0 Å². The molecule has 2 fully saturated rings. The second-order valence-corrected chi connectivity index (χ2v) is 7.13. The number of nitrogens with one attached hydrogen (secondary N) is 2. The third kappa shape index (κ3) is 5.82. The first-order valence-electron chi connectivity index (χ1n) is 7.94. The average Bonchev–Trinajstić information content (AvgIpc) is 3.09. The number of aromatic nitrogens is 1. The Bertz CT molecular complexity index is 515. The Morgan fingerprint density at radius 1 is 1.42 bits per heavy atom. The summed E-state index contributed by atoms with van der Waals surface area (Å²) in [6, 6.07) is 0. The number of hydrogen-bond acceptors (Lipinski definition) is 6. The zero-order chi connectivity index (χ0) is 15.5. The van der Waals surface area contributed by atoms with E-state index in [-0.39, 0.29) is 48.8 Å². The van der Waals surface area contributed by atoms with Gasteiger partial charge in [-0.3, -0.25) is 9.69 Å². The fraction of sp³-hybridized carbons (Fsp3) is 0.733. The molecular weight excluding hydrogens is 371 g/mol. The number of nitrogens with zero attached hydrogens (tertiary/aromatic N) is 2. The van der Waals surface area contributed by atoms with Crippen LogP contribution < -0.4 is 10.6 Å². The van der Waals surface area contributed by atoms with Crippen molar-refractivity contribution in [2.75, 3.05) is 31.5 Å². The summed E-state index contributed by atoms with van der Waals surface area (Å²) in [6.45, 7) is 8.57. The zero-order valence-corrected chi connectivity index (χ0v) is 16.4. The normalized spacial score (nSPS) is 27.2. The van der Waals surface area contributed by atoms with Crippen LogP contribution in [0.5, 0.6) is 0 Å². The molecular formula is C15H26Cl2N4O2S. The van der Waals surface area contributed by atoms with E-state index in [1.807, 2.05) is 5.38 Å². The number of halogens is 2. The minimum atomic E-state index is 0. The van der Waals surface area contributed by atoms with Crippen molar-refractivity contribution in [1.82, 2.24) is 15.2 Å². The van der Waals surface area contributed by atoms with Crippen LogP contribution in [-0.2, 0) is 16.1 Å². The Balaban J connectivity index is 0.00000144. The van der Waals surface area contributed by atoms with Gasteiger partial charge < -0.3 is 15.4 Å². The molecule has 1 aromatic heterocycles. The van der Waals surface area contributed by atoms with Crippen molar-refractivity contribution in [2.24, 2.45) is 5.92 Å².